The van der Waals surface area contributed by atoms with Crippen LogP contribution in [0.1, 0.15) is 0 Å². The minimum atomic E-state index is 0.646. The molecule has 0 saturated carbocycles. The fraction of sp³-hybridized carbons (Fsp3) is 0. The second-order valence-electron chi connectivity index (χ2n) is 3.08. The lowest BCUT2D eigenvalue weighted by molar-refractivity contribution is 0.564. The zero-order chi connectivity index (χ0) is 13.1. The maximum atomic E-state index is 9.68. The molecule has 0 amide bonds. The molecule has 2 aromatic rings. The molecule has 0 bridgehead atoms. The molecule has 0 aliphatic carbocycles. The van der Waals surface area contributed by atoms with E-state index in [2.05, 4.69) is 9.98 Å². The minimum absolute atomic E-state index is 0.646. The van der Waals surface area contributed by atoms with E-state index in [1.165, 1.54) is 12.2 Å². The van der Waals surface area contributed by atoms with Gasteiger partial charge in [-0.15, -0.1) is 0 Å². The Hall–Kier alpha value is -2.80. The van der Waals surface area contributed by atoms with Gasteiger partial charge >= 0.3 is 0 Å². The van der Waals surface area contributed by atoms with Gasteiger partial charge in [0, 0.05) is 0 Å². The Bertz CT molecular complexity index is 501. The van der Waals surface area contributed by atoms with Gasteiger partial charge in [-0.05, 0) is 24.3 Å². The maximum Gasteiger partial charge on any atom is 0.240 e. The first-order valence-corrected chi connectivity index (χ1v) is 5.12. The van der Waals surface area contributed by atoms with Crippen molar-refractivity contribution in [3.05, 3.63) is 60.7 Å². The Balaban J connectivity index is 0.000000180. The smallest absolute Gasteiger partial charge is 0.211 e. The molecule has 2 aromatic carbocycles. The summed E-state index contributed by atoms with van der Waals surface area (Å²) in [6.07, 6.45) is 2.92. The van der Waals surface area contributed by atoms with Gasteiger partial charge < -0.3 is 0 Å². The van der Waals surface area contributed by atoms with E-state index in [1.807, 2.05) is 36.4 Å². The molecule has 0 atom stereocenters. The van der Waals surface area contributed by atoms with Crippen LogP contribution in [-0.2, 0) is 9.59 Å². The lowest BCUT2D eigenvalue weighted by Gasteiger charge is -1.83. The van der Waals surface area contributed by atoms with Gasteiger partial charge in [-0.2, -0.15) is 9.98 Å². The molecule has 0 unspecified atom stereocenters. The number of rotatable bonds is 2. The van der Waals surface area contributed by atoms with Crippen LogP contribution < -0.4 is 0 Å². The Morgan fingerprint density at radius 3 is 1.22 bits per heavy atom. The fourth-order valence-corrected chi connectivity index (χ4v) is 1.11. The van der Waals surface area contributed by atoms with E-state index in [1.54, 1.807) is 24.3 Å². The molecule has 88 valence electrons. The first-order chi connectivity index (χ1) is 8.86. The Morgan fingerprint density at radius 1 is 0.611 bits per heavy atom. The van der Waals surface area contributed by atoms with Crippen molar-refractivity contribution < 1.29 is 9.59 Å². The van der Waals surface area contributed by atoms with E-state index >= 15 is 0 Å². The molecule has 4 heteroatoms. The molecular formula is C14H10N2O2. The van der Waals surface area contributed by atoms with E-state index in [-0.39, 0.29) is 0 Å². The summed E-state index contributed by atoms with van der Waals surface area (Å²) in [5.41, 5.74) is 1.29. The minimum Gasteiger partial charge on any atom is -0.211 e. The summed E-state index contributed by atoms with van der Waals surface area (Å²) >= 11 is 0. The van der Waals surface area contributed by atoms with Crippen LogP contribution in [0.15, 0.2) is 70.6 Å². The predicted octanol–water partition coefficient (Wildman–Crippen LogP) is 3.31. The Kier molecular flexibility index (Phi) is 6.16. The zero-order valence-electron chi connectivity index (χ0n) is 9.48. The molecule has 2 rings (SSSR count). The number of hydrogen-bond acceptors (Lipinski definition) is 4. The van der Waals surface area contributed by atoms with Crippen molar-refractivity contribution in [1.82, 2.24) is 0 Å². The van der Waals surface area contributed by atoms with E-state index in [4.69, 9.17) is 0 Å². The highest BCUT2D eigenvalue weighted by Gasteiger charge is 1.80. The van der Waals surface area contributed by atoms with Crippen LogP contribution >= 0.6 is 0 Å². The third kappa shape index (κ3) is 5.33. The Labute approximate surface area is 104 Å². The average molecular weight is 238 g/mol. The second kappa shape index (κ2) is 8.36. The van der Waals surface area contributed by atoms with Crippen molar-refractivity contribution in [1.29, 1.82) is 0 Å². The number of para-hydroxylation sites is 2. The van der Waals surface area contributed by atoms with Crippen LogP contribution in [0.3, 0.4) is 0 Å². The second-order valence-corrected chi connectivity index (χ2v) is 3.08. The molecule has 4 nitrogen and oxygen atoms in total. The third-order valence-corrected chi connectivity index (χ3v) is 1.86. The van der Waals surface area contributed by atoms with Crippen molar-refractivity contribution >= 4 is 23.5 Å². The molecule has 0 spiro atoms. The fourth-order valence-electron chi connectivity index (χ4n) is 1.11. The van der Waals surface area contributed by atoms with E-state index in [9.17, 15) is 9.59 Å². The molecule has 0 N–H and O–H groups in total. The molecule has 0 heterocycles. The number of hydrogen-bond donors (Lipinski definition) is 0. The lowest BCUT2D eigenvalue weighted by Crippen LogP contribution is -1.59. The van der Waals surface area contributed by atoms with Gasteiger partial charge in [0.25, 0.3) is 0 Å². The van der Waals surface area contributed by atoms with Gasteiger partial charge in [0.2, 0.25) is 12.2 Å². The highest BCUT2D eigenvalue weighted by atomic mass is 16.1. The first kappa shape index (κ1) is 13.3. The standard InChI is InChI=1S/2C7H5NO/c2*9-6-8-7-4-2-1-3-5-7/h2*1-5H. The molecular weight excluding hydrogens is 228 g/mol. The zero-order valence-corrected chi connectivity index (χ0v) is 9.48. The quantitative estimate of drug-likeness (QED) is 0.595. The third-order valence-electron chi connectivity index (χ3n) is 1.86. The molecule has 0 aliphatic rings. The van der Waals surface area contributed by atoms with E-state index in [0.717, 1.165) is 0 Å². The summed E-state index contributed by atoms with van der Waals surface area (Å²) in [6, 6.07) is 18.0. The summed E-state index contributed by atoms with van der Waals surface area (Å²) in [5.74, 6) is 0. The summed E-state index contributed by atoms with van der Waals surface area (Å²) < 4.78 is 0. The average Bonchev–Trinajstić information content (AvgIpc) is 2.43. The van der Waals surface area contributed by atoms with E-state index < -0.39 is 0 Å². The molecule has 0 aromatic heterocycles. The number of isocyanates is 2. The number of carbonyl (C=O) groups excluding carboxylic acids is 2. The van der Waals surface area contributed by atoms with Crippen LogP contribution in [-0.4, -0.2) is 12.2 Å². The van der Waals surface area contributed by atoms with Crippen LogP contribution in [0.25, 0.3) is 0 Å². The van der Waals surface area contributed by atoms with Gasteiger partial charge in [-0.1, -0.05) is 36.4 Å². The van der Waals surface area contributed by atoms with Crippen molar-refractivity contribution in [2.75, 3.05) is 0 Å². The first-order valence-electron chi connectivity index (χ1n) is 5.12. The van der Waals surface area contributed by atoms with Gasteiger partial charge in [0.05, 0.1) is 11.4 Å². The van der Waals surface area contributed by atoms with Crippen LogP contribution in [0, 0.1) is 0 Å². The largest absolute Gasteiger partial charge is 0.240 e. The van der Waals surface area contributed by atoms with Crippen molar-refractivity contribution in [2.45, 2.75) is 0 Å². The van der Waals surface area contributed by atoms with E-state index in [0.29, 0.717) is 11.4 Å². The number of aliphatic imine (C=N–C) groups is 2. The molecule has 0 radical (unpaired) electrons. The van der Waals surface area contributed by atoms with Crippen molar-refractivity contribution in [2.24, 2.45) is 9.98 Å². The molecule has 0 saturated heterocycles. The van der Waals surface area contributed by atoms with Gasteiger partial charge in [0.1, 0.15) is 0 Å². The van der Waals surface area contributed by atoms with Gasteiger partial charge in [-0.3, -0.25) is 0 Å². The summed E-state index contributed by atoms with van der Waals surface area (Å²) in [7, 11) is 0. The van der Waals surface area contributed by atoms with Crippen molar-refractivity contribution in [3.8, 4) is 0 Å². The maximum absolute atomic E-state index is 9.68. The summed E-state index contributed by atoms with van der Waals surface area (Å²) in [5, 5.41) is 0. The Morgan fingerprint density at radius 2 is 0.944 bits per heavy atom. The predicted molar refractivity (Wildman–Crippen MR) is 68.4 cm³/mol. The summed E-state index contributed by atoms with van der Waals surface area (Å²) in [4.78, 5) is 26.2. The summed E-state index contributed by atoms with van der Waals surface area (Å²) in [6.45, 7) is 0. The van der Waals surface area contributed by atoms with Crippen molar-refractivity contribution in [3.63, 3.8) is 0 Å². The highest BCUT2D eigenvalue weighted by molar-refractivity contribution is 5.48. The van der Waals surface area contributed by atoms with Crippen LogP contribution in [0.4, 0.5) is 11.4 Å². The molecule has 0 aliphatic heterocycles. The SMILES string of the molecule is O=C=Nc1ccccc1.O=C=Nc1ccccc1. The molecule has 18 heavy (non-hydrogen) atoms. The van der Waals surface area contributed by atoms with Crippen LogP contribution in [0.5, 0.6) is 0 Å². The highest BCUT2D eigenvalue weighted by Crippen LogP contribution is 2.07. The van der Waals surface area contributed by atoms with Gasteiger partial charge in [-0.25, -0.2) is 9.59 Å². The lowest BCUT2D eigenvalue weighted by atomic mass is 10.3. The number of benzene rings is 2. The topological polar surface area (TPSA) is 58.9 Å². The van der Waals surface area contributed by atoms with Crippen LogP contribution in [0.2, 0.25) is 0 Å². The molecule has 0 fully saturated rings. The monoisotopic (exact) mass is 238 g/mol. The van der Waals surface area contributed by atoms with Gasteiger partial charge in [0.15, 0.2) is 0 Å². The number of nitrogens with zero attached hydrogens (tertiary/aromatic N) is 2. The normalized spacial score (nSPS) is 8.00.